The van der Waals surface area contributed by atoms with Gasteiger partial charge in [0.25, 0.3) is 0 Å². The van der Waals surface area contributed by atoms with E-state index in [4.69, 9.17) is 14.6 Å². The molecule has 2 aromatic rings. The lowest BCUT2D eigenvalue weighted by atomic mass is 9.96. The SMILES string of the molecule is COc1ccc(C[C@H](NC(=O)OC(C)(C)C)C(=O)N(C)[C@@H](CC(C)C)C(=O)N[C@H](Cc2ccccc2)[C@@H](O)CC(=O)NCCCCCC(=O)NCCO)cc1. The number of benzene rings is 2. The van der Waals surface area contributed by atoms with Gasteiger partial charge in [-0.25, -0.2) is 4.79 Å². The van der Waals surface area contributed by atoms with E-state index >= 15 is 0 Å². The first kappa shape index (κ1) is 46.5. The highest BCUT2D eigenvalue weighted by Gasteiger charge is 2.35. The molecule has 0 aliphatic rings. The average molecular weight is 770 g/mol. The van der Waals surface area contributed by atoms with E-state index in [1.165, 1.54) is 11.9 Å². The van der Waals surface area contributed by atoms with Gasteiger partial charge < -0.3 is 45.9 Å². The van der Waals surface area contributed by atoms with Crippen LogP contribution in [-0.2, 0) is 36.8 Å². The number of carbonyl (C=O) groups excluding carboxylic acids is 5. The van der Waals surface area contributed by atoms with E-state index in [9.17, 15) is 29.1 Å². The molecule has 2 aromatic carbocycles. The number of unbranched alkanes of at least 4 members (excludes halogenated alkanes) is 2. The van der Waals surface area contributed by atoms with Crippen molar-refractivity contribution in [1.82, 2.24) is 26.2 Å². The smallest absolute Gasteiger partial charge is 0.408 e. The number of aliphatic hydroxyl groups excluding tert-OH is 2. The molecule has 2 rings (SSSR count). The van der Waals surface area contributed by atoms with Crippen molar-refractivity contribution in [3.8, 4) is 5.75 Å². The second-order valence-electron chi connectivity index (χ2n) is 15.2. The van der Waals surface area contributed by atoms with E-state index < -0.39 is 47.7 Å². The van der Waals surface area contributed by atoms with Crippen molar-refractivity contribution in [2.24, 2.45) is 5.92 Å². The lowest BCUT2D eigenvalue weighted by Gasteiger charge is -2.34. The predicted molar refractivity (Wildman–Crippen MR) is 210 cm³/mol. The minimum Gasteiger partial charge on any atom is -0.497 e. The molecular weight excluding hydrogens is 706 g/mol. The molecule has 14 heteroatoms. The summed E-state index contributed by atoms with van der Waals surface area (Å²) in [6.45, 7) is 9.49. The molecule has 0 heterocycles. The van der Waals surface area contributed by atoms with Crippen LogP contribution in [0, 0.1) is 5.92 Å². The van der Waals surface area contributed by atoms with Gasteiger partial charge in [-0.3, -0.25) is 19.2 Å². The molecule has 0 aliphatic carbocycles. The van der Waals surface area contributed by atoms with Crippen LogP contribution in [0.2, 0.25) is 0 Å². The molecule has 306 valence electrons. The van der Waals surface area contributed by atoms with Crippen molar-refractivity contribution in [2.75, 3.05) is 33.9 Å². The Labute approximate surface area is 326 Å². The number of amides is 5. The second kappa shape index (κ2) is 24.0. The fourth-order valence-corrected chi connectivity index (χ4v) is 5.87. The summed E-state index contributed by atoms with van der Waals surface area (Å²) in [5, 5.41) is 31.3. The van der Waals surface area contributed by atoms with Gasteiger partial charge in [0.2, 0.25) is 23.6 Å². The van der Waals surface area contributed by atoms with Gasteiger partial charge in [-0.2, -0.15) is 0 Å². The van der Waals surface area contributed by atoms with Crippen LogP contribution in [0.1, 0.15) is 84.3 Å². The number of aliphatic hydroxyl groups is 2. The average Bonchev–Trinajstić information content (AvgIpc) is 3.13. The number of carbonyl (C=O) groups is 5. The molecule has 4 atom stereocenters. The van der Waals surface area contributed by atoms with Crippen molar-refractivity contribution in [3.63, 3.8) is 0 Å². The molecule has 0 saturated carbocycles. The summed E-state index contributed by atoms with van der Waals surface area (Å²) in [4.78, 5) is 67.2. The standard InChI is InChI=1S/C41H63N5O9/c1-28(2)24-34(46(6)39(52)33(45-40(53)55-41(3,4)5)26-30-17-19-31(54-7)20-18-30)38(51)44-32(25-29-14-10-8-11-15-29)35(48)27-37(50)42-21-13-9-12-16-36(49)43-22-23-47/h8,10-11,14-15,17-20,28,32-35,47-48H,9,12-13,16,21-27H2,1-7H3,(H,42,50)(H,43,49)(H,44,51)(H,45,53)/t32-,33+,34+,35+/m1/s1. The highest BCUT2D eigenvalue weighted by molar-refractivity contribution is 5.91. The molecule has 0 fully saturated rings. The van der Waals surface area contributed by atoms with Crippen molar-refractivity contribution < 1.29 is 43.7 Å². The van der Waals surface area contributed by atoms with E-state index in [0.29, 0.717) is 38.0 Å². The largest absolute Gasteiger partial charge is 0.497 e. The third kappa shape index (κ3) is 18.5. The number of likely N-dealkylation sites (N-methyl/N-ethyl adjacent to an activating group) is 1. The van der Waals surface area contributed by atoms with Crippen LogP contribution in [0.15, 0.2) is 54.6 Å². The molecule has 0 radical (unpaired) electrons. The van der Waals surface area contributed by atoms with Crippen LogP contribution >= 0.6 is 0 Å². The molecule has 0 aromatic heterocycles. The van der Waals surface area contributed by atoms with Crippen LogP contribution in [0.4, 0.5) is 4.79 Å². The molecule has 14 nitrogen and oxygen atoms in total. The minimum atomic E-state index is -1.25. The number of nitrogens with zero attached hydrogens (tertiary/aromatic N) is 1. The number of ether oxygens (including phenoxy) is 2. The molecule has 0 saturated heterocycles. The monoisotopic (exact) mass is 769 g/mol. The Kier molecular flexibility index (Phi) is 20.2. The summed E-state index contributed by atoms with van der Waals surface area (Å²) >= 11 is 0. The fourth-order valence-electron chi connectivity index (χ4n) is 5.87. The Morgan fingerprint density at radius 3 is 2.05 bits per heavy atom. The van der Waals surface area contributed by atoms with Gasteiger partial charge in [-0.05, 0) is 75.6 Å². The summed E-state index contributed by atoms with van der Waals surface area (Å²) < 4.78 is 10.7. The quantitative estimate of drug-likeness (QED) is 0.0920. The van der Waals surface area contributed by atoms with E-state index in [1.54, 1.807) is 52.1 Å². The van der Waals surface area contributed by atoms with Gasteiger partial charge in [-0.1, -0.05) is 62.7 Å². The van der Waals surface area contributed by atoms with Gasteiger partial charge in [0.1, 0.15) is 23.4 Å². The Morgan fingerprint density at radius 2 is 1.45 bits per heavy atom. The predicted octanol–water partition coefficient (Wildman–Crippen LogP) is 3.27. The molecule has 0 spiro atoms. The maximum Gasteiger partial charge on any atom is 0.408 e. The maximum absolute atomic E-state index is 14.2. The maximum atomic E-state index is 14.2. The van der Waals surface area contributed by atoms with E-state index in [1.807, 2.05) is 44.2 Å². The summed E-state index contributed by atoms with van der Waals surface area (Å²) in [5.41, 5.74) is 0.774. The van der Waals surface area contributed by atoms with Gasteiger partial charge in [0.05, 0.1) is 32.3 Å². The molecule has 0 unspecified atom stereocenters. The molecule has 0 bridgehead atoms. The van der Waals surface area contributed by atoms with E-state index in [2.05, 4.69) is 21.3 Å². The third-order valence-corrected chi connectivity index (χ3v) is 8.72. The molecule has 6 N–H and O–H groups in total. The molecule has 5 amide bonds. The van der Waals surface area contributed by atoms with E-state index in [-0.39, 0.29) is 56.6 Å². The number of nitrogens with one attached hydrogen (secondary N) is 4. The fraction of sp³-hybridized carbons (Fsp3) is 0.585. The first-order valence-corrected chi connectivity index (χ1v) is 19.1. The zero-order valence-electron chi connectivity index (χ0n) is 33.6. The lowest BCUT2D eigenvalue weighted by Crippen LogP contribution is -2.58. The number of hydrogen-bond acceptors (Lipinski definition) is 9. The van der Waals surface area contributed by atoms with Crippen molar-refractivity contribution in [1.29, 1.82) is 0 Å². The summed E-state index contributed by atoms with van der Waals surface area (Å²) in [7, 11) is 3.07. The molecule has 55 heavy (non-hydrogen) atoms. The summed E-state index contributed by atoms with van der Waals surface area (Å²) in [6, 6.07) is 13.5. The van der Waals surface area contributed by atoms with E-state index in [0.717, 1.165) is 11.1 Å². The molecular formula is C41H63N5O9. The highest BCUT2D eigenvalue weighted by Crippen LogP contribution is 2.18. The van der Waals surface area contributed by atoms with Crippen molar-refractivity contribution in [3.05, 3.63) is 65.7 Å². The lowest BCUT2D eigenvalue weighted by molar-refractivity contribution is -0.141. The van der Waals surface area contributed by atoms with Crippen LogP contribution in [-0.4, -0.2) is 109 Å². The number of hydrogen-bond donors (Lipinski definition) is 6. The molecule has 0 aliphatic heterocycles. The third-order valence-electron chi connectivity index (χ3n) is 8.72. The summed E-state index contributed by atoms with van der Waals surface area (Å²) in [6.07, 6.45) is 0.643. The zero-order chi connectivity index (χ0) is 41.0. The van der Waals surface area contributed by atoms with Gasteiger partial charge in [-0.15, -0.1) is 0 Å². The Morgan fingerprint density at radius 1 is 0.818 bits per heavy atom. The zero-order valence-corrected chi connectivity index (χ0v) is 33.6. The Balaban J connectivity index is 2.22. The van der Waals surface area contributed by atoms with Gasteiger partial charge in [0.15, 0.2) is 0 Å². The highest BCUT2D eigenvalue weighted by atomic mass is 16.6. The van der Waals surface area contributed by atoms with Crippen molar-refractivity contribution in [2.45, 2.75) is 116 Å². The van der Waals surface area contributed by atoms with Crippen molar-refractivity contribution >= 4 is 29.7 Å². The van der Waals surface area contributed by atoms with Crippen LogP contribution in [0.25, 0.3) is 0 Å². The normalized spacial score (nSPS) is 13.5. The minimum absolute atomic E-state index is 0.0111. The first-order valence-electron chi connectivity index (χ1n) is 19.1. The summed E-state index contributed by atoms with van der Waals surface area (Å²) in [5.74, 6) is -0.911. The topological polar surface area (TPSA) is 196 Å². The van der Waals surface area contributed by atoms with Crippen LogP contribution in [0.5, 0.6) is 5.75 Å². The number of rotatable bonds is 23. The van der Waals surface area contributed by atoms with Gasteiger partial charge in [0, 0.05) is 33.0 Å². The first-order chi connectivity index (χ1) is 26.0. The number of alkyl carbamates (subject to hydrolysis) is 1. The Hall–Kier alpha value is -4.69. The Bertz CT molecular complexity index is 1480. The second-order valence-corrected chi connectivity index (χ2v) is 15.2. The van der Waals surface area contributed by atoms with Crippen LogP contribution < -0.4 is 26.0 Å². The van der Waals surface area contributed by atoms with Crippen LogP contribution in [0.3, 0.4) is 0 Å². The van der Waals surface area contributed by atoms with Gasteiger partial charge >= 0.3 is 6.09 Å². The number of methoxy groups -OCH3 is 1.